The monoisotopic (exact) mass is 325 g/mol. The van der Waals surface area contributed by atoms with Gasteiger partial charge in [0, 0.05) is 17.9 Å². The van der Waals surface area contributed by atoms with Crippen molar-refractivity contribution >= 4 is 11.6 Å². The highest BCUT2D eigenvalue weighted by atomic mass is 16.5. The van der Waals surface area contributed by atoms with E-state index in [4.69, 9.17) is 9.47 Å². The number of nitrogens with one attached hydrogen (secondary N) is 1. The van der Waals surface area contributed by atoms with Gasteiger partial charge in [0.25, 0.3) is 5.91 Å². The fourth-order valence-corrected chi connectivity index (χ4v) is 2.81. The Kier molecular flexibility index (Phi) is 5.49. The van der Waals surface area contributed by atoms with Crippen molar-refractivity contribution in [2.75, 3.05) is 18.5 Å². The van der Waals surface area contributed by atoms with E-state index < -0.39 is 0 Å². The van der Waals surface area contributed by atoms with Gasteiger partial charge in [-0.05, 0) is 55.2 Å². The highest BCUT2D eigenvalue weighted by Gasteiger charge is 2.16. The zero-order chi connectivity index (χ0) is 16.8. The van der Waals surface area contributed by atoms with E-state index in [-0.39, 0.29) is 12.0 Å². The Hall–Kier alpha value is -2.33. The fraction of sp³-hybridized carbons (Fsp3) is 0.350. The Morgan fingerprint density at radius 3 is 2.71 bits per heavy atom. The lowest BCUT2D eigenvalue weighted by molar-refractivity contribution is 0.0679. The largest absolute Gasteiger partial charge is 0.491 e. The van der Waals surface area contributed by atoms with Crippen molar-refractivity contribution in [2.45, 2.75) is 32.3 Å². The number of hydrogen-bond acceptors (Lipinski definition) is 3. The Bertz CT molecular complexity index is 676. The predicted molar refractivity (Wildman–Crippen MR) is 94.7 cm³/mol. The molecule has 0 spiro atoms. The molecule has 1 unspecified atom stereocenters. The molecule has 0 bridgehead atoms. The number of aryl methyl sites for hydroxylation is 1. The first-order chi connectivity index (χ1) is 11.8. The first kappa shape index (κ1) is 16.5. The maximum absolute atomic E-state index is 12.4. The van der Waals surface area contributed by atoms with Gasteiger partial charge < -0.3 is 14.8 Å². The van der Waals surface area contributed by atoms with Crippen molar-refractivity contribution in [3.63, 3.8) is 0 Å². The minimum atomic E-state index is -0.110. The highest BCUT2D eigenvalue weighted by Crippen LogP contribution is 2.19. The number of anilines is 1. The summed E-state index contributed by atoms with van der Waals surface area (Å²) in [6, 6.07) is 15.1. The van der Waals surface area contributed by atoms with Crippen LogP contribution in [0, 0.1) is 0 Å². The standard InChI is InChI=1S/C20H23NO3/c1-2-15-6-3-4-8-19(15)21-20(22)16-9-11-17(12-10-16)24-14-18-7-5-13-23-18/h3-4,6,8-12,18H,2,5,7,13-14H2,1H3,(H,21,22). The number of ether oxygens (including phenoxy) is 2. The number of benzene rings is 2. The number of carbonyl (C=O) groups is 1. The van der Waals surface area contributed by atoms with Crippen LogP contribution in [0.2, 0.25) is 0 Å². The third kappa shape index (κ3) is 4.15. The molecule has 0 aliphatic carbocycles. The van der Waals surface area contributed by atoms with Gasteiger partial charge in [-0.1, -0.05) is 25.1 Å². The molecule has 1 aliphatic heterocycles. The van der Waals surface area contributed by atoms with E-state index in [1.165, 1.54) is 0 Å². The molecule has 24 heavy (non-hydrogen) atoms. The summed E-state index contributed by atoms with van der Waals surface area (Å²) in [5.74, 6) is 0.651. The van der Waals surface area contributed by atoms with Crippen LogP contribution in [0.5, 0.6) is 5.75 Å². The Labute approximate surface area is 142 Å². The first-order valence-electron chi connectivity index (χ1n) is 8.50. The van der Waals surface area contributed by atoms with E-state index in [0.717, 1.165) is 42.9 Å². The van der Waals surface area contributed by atoms with Crippen LogP contribution in [0.25, 0.3) is 0 Å². The van der Waals surface area contributed by atoms with Gasteiger partial charge in [0.1, 0.15) is 12.4 Å². The van der Waals surface area contributed by atoms with E-state index in [2.05, 4.69) is 12.2 Å². The van der Waals surface area contributed by atoms with Gasteiger partial charge in [-0.15, -0.1) is 0 Å². The molecule has 0 radical (unpaired) electrons. The first-order valence-corrected chi connectivity index (χ1v) is 8.50. The van der Waals surface area contributed by atoms with Crippen LogP contribution >= 0.6 is 0 Å². The van der Waals surface area contributed by atoms with Crippen molar-refractivity contribution in [3.8, 4) is 5.75 Å². The normalized spacial score (nSPS) is 16.8. The molecule has 4 nitrogen and oxygen atoms in total. The second kappa shape index (κ2) is 7.97. The van der Waals surface area contributed by atoms with Crippen LogP contribution in [-0.2, 0) is 11.2 Å². The van der Waals surface area contributed by atoms with Crippen molar-refractivity contribution in [2.24, 2.45) is 0 Å². The molecule has 1 aliphatic rings. The summed E-state index contributed by atoms with van der Waals surface area (Å²) in [6.07, 6.45) is 3.23. The van der Waals surface area contributed by atoms with E-state index >= 15 is 0 Å². The third-order valence-corrected chi connectivity index (χ3v) is 4.22. The van der Waals surface area contributed by atoms with Gasteiger partial charge in [-0.2, -0.15) is 0 Å². The molecule has 1 amide bonds. The zero-order valence-corrected chi connectivity index (χ0v) is 14.0. The average Bonchev–Trinajstić information content (AvgIpc) is 3.14. The van der Waals surface area contributed by atoms with Crippen LogP contribution in [0.1, 0.15) is 35.7 Å². The van der Waals surface area contributed by atoms with Crippen LogP contribution in [0.15, 0.2) is 48.5 Å². The number of hydrogen-bond donors (Lipinski definition) is 1. The molecule has 1 fully saturated rings. The van der Waals surface area contributed by atoms with E-state index in [1.807, 2.05) is 36.4 Å². The summed E-state index contributed by atoms with van der Waals surface area (Å²) in [6.45, 7) is 3.47. The molecule has 1 saturated heterocycles. The lowest BCUT2D eigenvalue weighted by Gasteiger charge is -2.12. The lowest BCUT2D eigenvalue weighted by atomic mass is 10.1. The van der Waals surface area contributed by atoms with Gasteiger partial charge >= 0.3 is 0 Å². The van der Waals surface area contributed by atoms with E-state index in [9.17, 15) is 4.79 Å². The van der Waals surface area contributed by atoms with Crippen LogP contribution in [-0.4, -0.2) is 25.2 Å². The zero-order valence-electron chi connectivity index (χ0n) is 14.0. The van der Waals surface area contributed by atoms with Gasteiger partial charge in [-0.25, -0.2) is 0 Å². The van der Waals surface area contributed by atoms with Crippen molar-refractivity contribution in [3.05, 3.63) is 59.7 Å². The van der Waals surface area contributed by atoms with Gasteiger partial charge in [0.2, 0.25) is 0 Å². The summed E-state index contributed by atoms with van der Waals surface area (Å²) >= 11 is 0. The van der Waals surface area contributed by atoms with E-state index in [0.29, 0.717) is 12.2 Å². The molecular weight excluding hydrogens is 302 g/mol. The maximum Gasteiger partial charge on any atom is 0.255 e. The smallest absolute Gasteiger partial charge is 0.255 e. The highest BCUT2D eigenvalue weighted by molar-refractivity contribution is 6.04. The fourth-order valence-electron chi connectivity index (χ4n) is 2.81. The van der Waals surface area contributed by atoms with Crippen molar-refractivity contribution in [1.82, 2.24) is 0 Å². The second-order valence-electron chi connectivity index (χ2n) is 5.94. The molecule has 3 rings (SSSR count). The molecule has 126 valence electrons. The number of para-hydroxylation sites is 1. The molecule has 1 N–H and O–H groups in total. The van der Waals surface area contributed by atoms with Crippen LogP contribution < -0.4 is 10.1 Å². The number of amides is 1. The Morgan fingerprint density at radius 2 is 2.00 bits per heavy atom. The van der Waals surface area contributed by atoms with Crippen LogP contribution in [0.3, 0.4) is 0 Å². The summed E-state index contributed by atoms with van der Waals surface area (Å²) in [5.41, 5.74) is 2.61. The Morgan fingerprint density at radius 1 is 1.21 bits per heavy atom. The molecule has 0 saturated carbocycles. The van der Waals surface area contributed by atoms with Crippen molar-refractivity contribution in [1.29, 1.82) is 0 Å². The molecular formula is C20H23NO3. The summed E-state index contributed by atoms with van der Waals surface area (Å²) in [5, 5.41) is 2.97. The van der Waals surface area contributed by atoms with Gasteiger partial charge in [-0.3, -0.25) is 4.79 Å². The topological polar surface area (TPSA) is 47.6 Å². The minimum Gasteiger partial charge on any atom is -0.491 e. The molecule has 4 heteroatoms. The maximum atomic E-state index is 12.4. The number of carbonyl (C=O) groups excluding carboxylic acids is 1. The van der Waals surface area contributed by atoms with Gasteiger partial charge in [0.05, 0.1) is 6.10 Å². The average molecular weight is 325 g/mol. The molecule has 2 aromatic carbocycles. The molecule has 1 atom stereocenters. The van der Waals surface area contributed by atoms with E-state index in [1.54, 1.807) is 12.1 Å². The predicted octanol–water partition coefficient (Wildman–Crippen LogP) is 4.06. The van der Waals surface area contributed by atoms with Crippen LogP contribution in [0.4, 0.5) is 5.69 Å². The molecule has 1 heterocycles. The second-order valence-corrected chi connectivity index (χ2v) is 5.94. The van der Waals surface area contributed by atoms with Gasteiger partial charge in [0.15, 0.2) is 0 Å². The quantitative estimate of drug-likeness (QED) is 0.871. The van der Waals surface area contributed by atoms with Crippen molar-refractivity contribution < 1.29 is 14.3 Å². The number of rotatable bonds is 6. The summed E-state index contributed by atoms with van der Waals surface area (Å²) in [4.78, 5) is 12.4. The molecule has 2 aromatic rings. The molecule has 0 aromatic heterocycles. The lowest BCUT2D eigenvalue weighted by Crippen LogP contribution is -2.16. The third-order valence-electron chi connectivity index (χ3n) is 4.22. The summed E-state index contributed by atoms with van der Waals surface area (Å²) in [7, 11) is 0. The minimum absolute atomic E-state index is 0.110. The Balaban J connectivity index is 1.59. The SMILES string of the molecule is CCc1ccccc1NC(=O)c1ccc(OCC2CCCO2)cc1. The summed E-state index contributed by atoms with van der Waals surface area (Å²) < 4.78 is 11.3.